The van der Waals surface area contributed by atoms with Gasteiger partial charge in [-0.1, -0.05) is 36.4 Å². The molecule has 1 nitrogen and oxygen atoms in total. The van der Waals surface area contributed by atoms with Crippen LogP contribution in [0.15, 0.2) is 30.8 Å². The number of carbonyl (C=O) groups is 1. The molecular formula is C13H15ClO. The fourth-order valence-corrected chi connectivity index (χ4v) is 1.45. The first kappa shape index (κ1) is 12.0. The Balaban J connectivity index is 2.71. The molecule has 0 spiro atoms. The topological polar surface area (TPSA) is 17.1 Å². The van der Waals surface area contributed by atoms with E-state index in [-0.39, 0.29) is 5.78 Å². The number of ketones is 1. The summed E-state index contributed by atoms with van der Waals surface area (Å²) in [6.07, 6.45) is 1.26. The van der Waals surface area contributed by atoms with Gasteiger partial charge in [0.05, 0.1) is 0 Å². The molecule has 1 rings (SSSR count). The molecular weight excluding hydrogens is 208 g/mol. The summed E-state index contributed by atoms with van der Waals surface area (Å²) < 4.78 is 0. The van der Waals surface area contributed by atoms with E-state index in [4.69, 9.17) is 11.6 Å². The first-order valence-electron chi connectivity index (χ1n) is 5.00. The van der Waals surface area contributed by atoms with Crippen LogP contribution >= 0.6 is 11.6 Å². The zero-order chi connectivity index (χ0) is 11.3. The standard InChI is InChI=1S/C13H15ClO/c1-10(2)11-5-7-12(8-6-11)13(15)4-3-9-14/h5-8H,1,3-4,9H2,2H3. The van der Waals surface area contributed by atoms with E-state index in [1.54, 1.807) is 0 Å². The molecule has 0 bridgehead atoms. The Morgan fingerprint density at radius 1 is 1.27 bits per heavy atom. The largest absolute Gasteiger partial charge is 0.294 e. The van der Waals surface area contributed by atoms with Gasteiger partial charge in [-0.15, -0.1) is 11.6 Å². The summed E-state index contributed by atoms with van der Waals surface area (Å²) in [4.78, 5) is 11.6. The second-order valence-electron chi connectivity index (χ2n) is 3.57. The molecule has 2 heteroatoms. The third kappa shape index (κ3) is 3.52. The van der Waals surface area contributed by atoms with E-state index < -0.39 is 0 Å². The summed E-state index contributed by atoms with van der Waals surface area (Å²) in [5, 5.41) is 0. The molecule has 0 unspecified atom stereocenters. The van der Waals surface area contributed by atoms with Crippen LogP contribution in [0.1, 0.15) is 35.7 Å². The van der Waals surface area contributed by atoms with E-state index in [1.165, 1.54) is 0 Å². The molecule has 0 aliphatic carbocycles. The molecule has 0 saturated carbocycles. The monoisotopic (exact) mass is 222 g/mol. The SMILES string of the molecule is C=C(C)c1ccc(C(=O)CCCCl)cc1. The van der Waals surface area contributed by atoms with Gasteiger partial charge in [0.15, 0.2) is 5.78 Å². The molecule has 15 heavy (non-hydrogen) atoms. The molecule has 0 radical (unpaired) electrons. The summed E-state index contributed by atoms with van der Waals surface area (Å²) in [5.41, 5.74) is 2.84. The van der Waals surface area contributed by atoms with Crippen molar-refractivity contribution in [1.82, 2.24) is 0 Å². The second-order valence-corrected chi connectivity index (χ2v) is 3.95. The lowest BCUT2D eigenvalue weighted by molar-refractivity contribution is 0.0982. The van der Waals surface area contributed by atoms with Crippen molar-refractivity contribution in [3.63, 3.8) is 0 Å². The minimum Gasteiger partial charge on any atom is -0.294 e. The van der Waals surface area contributed by atoms with Crippen LogP contribution in [0.4, 0.5) is 0 Å². The smallest absolute Gasteiger partial charge is 0.162 e. The number of hydrogen-bond acceptors (Lipinski definition) is 1. The van der Waals surface area contributed by atoms with Crippen LogP contribution in [0.25, 0.3) is 5.57 Å². The number of hydrogen-bond donors (Lipinski definition) is 0. The number of rotatable bonds is 5. The van der Waals surface area contributed by atoms with Gasteiger partial charge in [-0.25, -0.2) is 0 Å². The van der Waals surface area contributed by atoms with Crippen molar-refractivity contribution < 1.29 is 4.79 Å². The first-order chi connectivity index (χ1) is 7.15. The number of allylic oxidation sites excluding steroid dienone is 1. The molecule has 0 aliphatic heterocycles. The lowest BCUT2D eigenvalue weighted by Crippen LogP contribution is -1.99. The summed E-state index contributed by atoms with van der Waals surface area (Å²) in [7, 11) is 0. The van der Waals surface area contributed by atoms with Crippen LogP contribution in [-0.2, 0) is 0 Å². The molecule has 0 aromatic heterocycles. The number of halogens is 1. The average Bonchev–Trinajstić information content (AvgIpc) is 2.26. The van der Waals surface area contributed by atoms with Crippen LogP contribution in [-0.4, -0.2) is 11.7 Å². The maximum absolute atomic E-state index is 11.6. The zero-order valence-corrected chi connectivity index (χ0v) is 9.68. The van der Waals surface area contributed by atoms with Gasteiger partial charge in [0.2, 0.25) is 0 Å². The van der Waals surface area contributed by atoms with Crippen molar-refractivity contribution >= 4 is 23.0 Å². The quantitative estimate of drug-likeness (QED) is 0.545. The number of carbonyl (C=O) groups excluding carboxylic acids is 1. The first-order valence-corrected chi connectivity index (χ1v) is 5.53. The fourth-order valence-electron chi connectivity index (χ4n) is 1.31. The van der Waals surface area contributed by atoms with Gasteiger partial charge in [-0.05, 0) is 18.9 Å². The highest BCUT2D eigenvalue weighted by molar-refractivity contribution is 6.18. The Bertz CT molecular complexity index is 351. The second kappa shape index (κ2) is 5.72. The summed E-state index contributed by atoms with van der Waals surface area (Å²) in [6, 6.07) is 7.55. The van der Waals surface area contributed by atoms with Crippen molar-refractivity contribution in [3.05, 3.63) is 42.0 Å². The van der Waals surface area contributed by atoms with Gasteiger partial charge < -0.3 is 0 Å². The van der Waals surface area contributed by atoms with Crippen molar-refractivity contribution in [2.45, 2.75) is 19.8 Å². The fraction of sp³-hybridized carbons (Fsp3) is 0.308. The van der Waals surface area contributed by atoms with Gasteiger partial charge in [0, 0.05) is 17.9 Å². The molecule has 1 aromatic rings. The highest BCUT2D eigenvalue weighted by Gasteiger charge is 2.04. The molecule has 0 fully saturated rings. The van der Waals surface area contributed by atoms with Crippen LogP contribution in [0, 0.1) is 0 Å². The Kier molecular flexibility index (Phi) is 4.57. The molecule has 0 heterocycles. The zero-order valence-electron chi connectivity index (χ0n) is 8.92. The lowest BCUT2D eigenvalue weighted by Gasteiger charge is -2.02. The summed E-state index contributed by atoms with van der Waals surface area (Å²) in [6.45, 7) is 5.80. The Hall–Kier alpha value is -1.08. The van der Waals surface area contributed by atoms with Gasteiger partial charge in [-0.3, -0.25) is 4.79 Å². The van der Waals surface area contributed by atoms with Gasteiger partial charge in [0.25, 0.3) is 0 Å². The van der Waals surface area contributed by atoms with Crippen molar-refractivity contribution in [2.24, 2.45) is 0 Å². The van der Waals surface area contributed by atoms with Gasteiger partial charge in [0.1, 0.15) is 0 Å². The van der Waals surface area contributed by atoms with E-state index >= 15 is 0 Å². The number of benzene rings is 1. The molecule has 80 valence electrons. The third-order valence-corrected chi connectivity index (χ3v) is 2.50. The Morgan fingerprint density at radius 2 is 1.80 bits per heavy atom. The van der Waals surface area contributed by atoms with E-state index in [0.717, 1.165) is 23.1 Å². The normalized spacial score (nSPS) is 10.0. The van der Waals surface area contributed by atoms with Crippen molar-refractivity contribution in [2.75, 3.05) is 5.88 Å². The maximum atomic E-state index is 11.6. The minimum atomic E-state index is 0.156. The van der Waals surface area contributed by atoms with Crippen LogP contribution in [0.3, 0.4) is 0 Å². The van der Waals surface area contributed by atoms with Crippen molar-refractivity contribution in [1.29, 1.82) is 0 Å². The van der Waals surface area contributed by atoms with Crippen LogP contribution in [0.2, 0.25) is 0 Å². The summed E-state index contributed by atoms with van der Waals surface area (Å²) >= 11 is 5.54. The lowest BCUT2D eigenvalue weighted by atomic mass is 10.0. The molecule has 0 aliphatic rings. The molecule has 0 atom stereocenters. The highest BCUT2D eigenvalue weighted by Crippen LogP contribution is 2.14. The maximum Gasteiger partial charge on any atom is 0.162 e. The average molecular weight is 223 g/mol. The van der Waals surface area contributed by atoms with E-state index in [0.29, 0.717) is 12.3 Å². The predicted molar refractivity (Wildman–Crippen MR) is 65.4 cm³/mol. The third-order valence-electron chi connectivity index (χ3n) is 2.24. The predicted octanol–water partition coefficient (Wildman–Crippen LogP) is 3.92. The van der Waals surface area contributed by atoms with E-state index in [2.05, 4.69) is 6.58 Å². The van der Waals surface area contributed by atoms with Crippen molar-refractivity contribution in [3.8, 4) is 0 Å². The Morgan fingerprint density at radius 3 is 2.27 bits per heavy atom. The molecule has 0 saturated heterocycles. The van der Waals surface area contributed by atoms with E-state index in [1.807, 2.05) is 31.2 Å². The number of Topliss-reactive ketones (excluding diaryl/α,β-unsaturated/α-hetero) is 1. The summed E-state index contributed by atoms with van der Waals surface area (Å²) in [5.74, 6) is 0.694. The van der Waals surface area contributed by atoms with Gasteiger partial charge >= 0.3 is 0 Å². The Labute approximate surface area is 95.8 Å². The molecule has 1 aromatic carbocycles. The number of alkyl halides is 1. The molecule has 0 N–H and O–H groups in total. The van der Waals surface area contributed by atoms with E-state index in [9.17, 15) is 4.79 Å². The highest BCUT2D eigenvalue weighted by atomic mass is 35.5. The molecule has 0 amide bonds. The van der Waals surface area contributed by atoms with Crippen LogP contribution < -0.4 is 0 Å². The van der Waals surface area contributed by atoms with Gasteiger partial charge in [-0.2, -0.15) is 0 Å². The minimum absolute atomic E-state index is 0.156. The van der Waals surface area contributed by atoms with Crippen LogP contribution in [0.5, 0.6) is 0 Å².